The Kier molecular flexibility index (Phi) is 44.8. The van der Waals surface area contributed by atoms with E-state index in [1.54, 1.807) is 16.9 Å². The minimum absolute atomic E-state index is 0.120. The van der Waals surface area contributed by atoms with Crippen molar-refractivity contribution in [1.82, 2.24) is 0 Å². The van der Waals surface area contributed by atoms with E-state index in [4.69, 9.17) is 5.73 Å². The number of nitrogens with two attached hydrogens (primary N) is 1. The largest absolute Gasteiger partial charge is 0.796 e. The molecule has 2 N–H and O–H groups in total. The van der Waals surface area contributed by atoms with Gasteiger partial charge >= 0.3 is 68.5 Å². The zero-order chi connectivity index (χ0) is 10.9. The molecule has 0 aliphatic heterocycles. The van der Waals surface area contributed by atoms with Crippen LogP contribution in [0, 0.1) is 0 Å². The van der Waals surface area contributed by atoms with Gasteiger partial charge in [-0.2, -0.15) is 12.5 Å². The monoisotopic (exact) mass is 329 g/mol. The molecule has 0 amide bonds. The smallest absolute Gasteiger partial charge is 0.189 e. The standard InChI is InChI=1S/C5H12N.C2H5.2CH4S.Sn/c1-2-3-4-5-6;3*1-2;/h1-6H2;1H2,2H3;2*2H,1H3;/q;;;;+2/p-2. The van der Waals surface area contributed by atoms with Crippen molar-refractivity contribution in [1.29, 1.82) is 0 Å². The summed E-state index contributed by atoms with van der Waals surface area (Å²) in [5.41, 5.74) is 5.36. The van der Waals surface area contributed by atoms with Crippen molar-refractivity contribution in [2.24, 2.45) is 5.73 Å². The van der Waals surface area contributed by atoms with E-state index in [1.807, 2.05) is 0 Å². The summed E-state index contributed by atoms with van der Waals surface area (Å²) in [6, 6.07) is 0. The van der Waals surface area contributed by atoms with Crippen LogP contribution < -0.4 is 5.73 Å². The number of unbranched alkanes of at least 4 members (excludes halogenated alkanes) is 2. The second-order valence-electron chi connectivity index (χ2n) is 2.20. The van der Waals surface area contributed by atoms with Crippen LogP contribution in [0.25, 0.3) is 0 Å². The Labute approximate surface area is 106 Å². The van der Waals surface area contributed by atoms with Crippen LogP contribution in [0.2, 0.25) is 8.87 Å². The van der Waals surface area contributed by atoms with E-state index >= 15 is 0 Å². The Hall–Kier alpha value is 1.46. The van der Waals surface area contributed by atoms with Gasteiger partial charge in [-0.05, 0) is 0 Å². The third-order valence-corrected chi connectivity index (χ3v) is 4.75. The number of hydrogen-bond donors (Lipinski definition) is 1. The van der Waals surface area contributed by atoms with Gasteiger partial charge in [0.2, 0.25) is 0 Å². The Morgan fingerprint density at radius 1 is 1.00 bits per heavy atom. The molecule has 13 heavy (non-hydrogen) atoms. The van der Waals surface area contributed by atoms with E-state index in [1.165, 1.54) is 23.7 Å². The number of rotatable bonds is 6. The van der Waals surface area contributed by atoms with E-state index in [-0.39, 0.29) is 21.1 Å². The molecule has 0 heterocycles. The normalized spacial score (nSPS) is 7.23. The van der Waals surface area contributed by atoms with E-state index in [0.29, 0.717) is 0 Å². The van der Waals surface area contributed by atoms with Gasteiger partial charge in [0, 0.05) is 0 Å². The predicted octanol–water partition coefficient (Wildman–Crippen LogP) is 2.00. The van der Waals surface area contributed by atoms with Gasteiger partial charge < -0.3 is 25.3 Å². The Balaban J connectivity index is -0.000000218. The van der Waals surface area contributed by atoms with Gasteiger partial charge in [0.05, 0.1) is 0 Å². The molecule has 0 spiro atoms. The maximum absolute atomic E-state index is 5.36. The van der Waals surface area contributed by atoms with Crippen molar-refractivity contribution in [2.45, 2.75) is 35.1 Å². The zero-order valence-corrected chi connectivity index (χ0v) is 13.6. The number of hydrogen-bond acceptors (Lipinski definition) is 3. The summed E-state index contributed by atoms with van der Waals surface area (Å²) >= 11 is 8.29. The maximum atomic E-state index is 5.36. The Bertz CT molecular complexity index is 50.9. The molecule has 1 nitrogen and oxygen atoms in total. The molecule has 4 heteroatoms. The molecule has 0 aromatic carbocycles. The van der Waals surface area contributed by atoms with Crippen molar-refractivity contribution in [3.8, 4) is 0 Å². The van der Waals surface area contributed by atoms with Gasteiger partial charge in [0.25, 0.3) is 0 Å². The van der Waals surface area contributed by atoms with Crippen molar-refractivity contribution < 1.29 is 0 Å². The molecule has 0 radical (unpaired) electrons. The minimum Gasteiger partial charge on any atom is -0.796 e. The van der Waals surface area contributed by atoms with Crippen LogP contribution in [0.1, 0.15) is 26.2 Å². The molecular formula is C9H23NS2Sn. The van der Waals surface area contributed by atoms with Gasteiger partial charge in [0.15, 0.2) is 0 Å². The molecule has 0 fully saturated rings. The fourth-order valence-corrected chi connectivity index (χ4v) is 3.18. The van der Waals surface area contributed by atoms with Gasteiger partial charge in [-0.15, -0.1) is 0 Å². The zero-order valence-electron chi connectivity index (χ0n) is 9.14. The molecule has 80 valence electrons. The van der Waals surface area contributed by atoms with Gasteiger partial charge in [-0.25, -0.2) is 0 Å². The van der Waals surface area contributed by atoms with E-state index in [0.717, 1.165) is 6.54 Å². The predicted molar refractivity (Wildman–Crippen MR) is 70.5 cm³/mol. The van der Waals surface area contributed by atoms with Crippen LogP contribution in [0.5, 0.6) is 0 Å². The molecular weight excluding hydrogens is 305 g/mol. The fourth-order valence-electron chi connectivity index (χ4n) is 0.748. The summed E-state index contributed by atoms with van der Waals surface area (Å²) in [5, 5.41) is 0. The molecule has 0 aliphatic rings. The molecule has 0 aromatic heterocycles. The molecule has 0 atom stereocenters. The van der Waals surface area contributed by atoms with Crippen LogP contribution >= 0.6 is 0 Å². The molecule has 0 bridgehead atoms. The topological polar surface area (TPSA) is 26.0 Å². The second-order valence-corrected chi connectivity index (χ2v) is 7.08. The molecule has 0 rings (SSSR count). The van der Waals surface area contributed by atoms with Crippen molar-refractivity contribution in [2.75, 3.05) is 19.1 Å². The molecule has 0 aromatic rings. The molecule has 0 unspecified atom stereocenters. The average Bonchev–Trinajstić information content (AvgIpc) is 2.24. The quantitative estimate of drug-likeness (QED) is 0.459. The van der Waals surface area contributed by atoms with Crippen molar-refractivity contribution in [3.63, 3.8) is 0 Å². The first-order valence-corrected chi connectivity index (χ1v) is 10.3. The van der Waals surface area contributed by atoms with Gasteiger partial charge in [-0.3, -0.25) is 0 Å². The van der Waals surface area contributed by atoms with Crippen LogP contribution in [-0.4, -0.2) is 40.2 Å². The van der Waals surface area contributed by atoms with Crippen molar-refractivity contribution >= 4 is 46.4 Å². The SMILES string of the molecule is C[CH2][Sn+2][CH2]CCCCN.C[S-].C[S-]. The summed E-state index contributed by atoms with van der Waals surface area (Å²) in [4.78, 5) is 0. The Morgan fingerprint density at radius 2 is 1.54 bits per heavy atom. The fraction of sp³-hybridized carbons (Fsp3) is 1.00. The maximum Gasteiger partial charge on any atom is -0.189 e. The summed E-state index contributed by atoms with van der Waals surface area (Å²) in [6.07, 6.45) is 7.23. The summed E-state index contributed by atoms with van der Waals surface area (Å²) in [5.74, 6) is 0. The van der Waals surface area contributed by atoms with Gasteiger partial charge in [0.1, 0.15) is 0 Å². The van der Waals surface area contributed by atoms with E-state index < -0.39 is 0 Å². The summed E-state index contributed by atoms with van der Waals surface area (Å²) < 4.78 is 3.08. The minimum atomic E-state index is 0.120. The third kappa shape index (κ3) is 31.8. The van der Waals surface area contributed by atoms with Gasteiger partial charge in [-0.1, -0.05) is 0 Å². The molecule has 0 saturated carbocycles. The first kappa shape index (κ1) is 19.9. The molecule has 0 aliphatic carbocycles. The first-order valence-electron chi connectivity index (χ1n) is 4.64. The van der Waals surface area contributed by atoms with Crippen molar-refractivity contribution in [3.05, 3.63) is 0 Å². The average molecular weight is 328 g/mol. The van der Waals surface area contributed by atoms with Crippen LogP contribution in [0.3, 0.4) is 0 Å². The van der Waals surface area contributed by atoms with E-state index in [9.17, 15) is 0 Å². The van der Waals surface area contributed by atoms with Crippen LogP contribution in [0.15, 0.2) is 0 Å². The molecule has 0 saturated heterocycles. The van der Waals surface area contributed by atoms with Crippen LogP contribution in [0.4, 0.5) is 0 Å². The summed E-state index contributed by atoms with van der Waals surface area (Å²) in [7, 11) is 0. The van der Waals surface area contributed by atoms with Crippen LogP contribution in [-0.2, 0) is 25.3 Å². The van der Waals surface area contributed by atoms with E-state index in [2.05, 4.69) is 32.2 Å². The third-order valence-electron chi connectivity index (χ3n) is 1.31. The first-order chi connectivity index (χ1) is 6.41. The summed E-state index contributed by atoms with van der Waals surface area (Å²) in [6.45, 7) is 3.20. The second kappa shape index (κ2) is 29.2. The Morgan fingerprint density at radius 3 is 1.92 bits per heavy atom.